The van der Waals surface area contributed by atoms with Gasteiger partial charge in [-0.05, 0) is 12.1 Å². The molecule has 0 unspecified atom stereocenters. The summed E-state index contributed by atoms with van der Waals surface area (Å²) in [4.78, 5) is 20.1. The minimum atomic E-state index is -1.33. The Bertz CT molecular complexity index is 383. The predicted molar refractivity (Wildman–Crippen MR) is 49.0 cm³/mol. The van der Waals surface area contributed by atoms with Crippen LogP contribution in [-0.4, -0.2) is 16.0 Å². The minimum Gasteiger partial charge on any atom is -0.478 e. The third kappa shape index (κ3) is 2.41. The van der Waals surface area contributed by atoms with Crippen molar-refractivity contribution in [1.82, 2.24) is 0 Å². The fraction of sp³-hybridized carbons (Fsp3) is 0. The lowest BCUT2D eigenvalue weighted by atomic mass is 10.1. The van der Waals surface area contributed by atoms with Crippen LogP contribution >= 0.6 is 0 Å². The number of hydrogen-bond acceptors (Lipinski definition) is 3. The van der Waals surface area contributed by atoms with Crippen LogP contribution in [0.2, 0.25) is 0 Å². The van der Waals surface area contributed by atoms with E-state index in [1.54, 1.807) is 18.2 Å². The molecule has 1 aromatic rings. The third-order valence-electron chi connectivity index (χ3n) is 1.53. The lowest BCUT2D eigenvalue weighted by Gasteiger charge is -1.96. The van der Waals surface area contributed by atoms with E-state index in [1.165, 1.54) is 12.1 Å². The van der Waals surface area contributed by atoms with Gasteiger partial charge in [0.1, 0.15) is 6.08 Å². The molecular formula is C9H7NO4. The molecule has 1 N–H and O–H groups in total. The van der Waals surface area contributed by atoms with Gasteiger partial charge < -0.3 is 5.11 Å². The number of aliphatic carboxylic acids is 1. The summed E-state index contributed by atoms with van der Waals surface area (Å²) in [5.74, 6) is -1.33. The second-order valence-corrected chi connectivity index (χ2v) is 2.49. The van der Waals surface area contributed by atoms with Crippen LogP contribution in [0.3, 0.4) is 0 Å². The number of rotatable bonds is 3. The Morgan fingerprint density at radius 1 is 1.36 bits per heavy atom. The van der Waals surface area contributed by atoms with Gasteiger partial charge >= 0.3 is 5.97 Å². The summed E-state index contributed by atoms with van der Waals surface area (Å²) < 4.78 is 0. The average molecular weight is 193 g/mol. The van der Waals surface area contributed by atoms with E-state index >= 15 is 0 Å². The van der Waals surface area contributed by atoms with E-state index in [0.29, 0.717) is 6.08 Å². The van der Waals surface area contributed by atoms with Crippen molar-refractivity contribution in [2.24, 2.45) is 0 Å². The van der Waals surface area contributed by atoms with Gasteiger partial charge in [-0.3, -0.25) is 10.1 Å². The van der Waals surface area contributed by atoms with Crippen molar-refractivity contribution < 1.29 is 14.8 Å². The Hall–Kier alpha value is -2.17. The van der Waals surface area contributed by atoms with Crippen LogP contribution in [0.15, 0.2) is 36.4 Å². The van der Waals surface area contributed by atoms with Gasteiger partial charge in [-0.1, -0.05) is 18.2 Å². The highest BCUT2D eigenvalue weighted by molar-refractivity contribution is 5.87. The second-order valence-electron chi connectivity index (χ2n) is 2.49. The maximum absolute atomic E-state index is 10.5. The SMILES string of the molecule is O=C(O)C=C(c1ccccc1)[N+](=O)[O-]. The molecule has 0 aliphatic rings. The van der Waals surface area contributed by atoms with Gasteiger partial charge in [-0.2, -0.15) is 0 Å². The van der Waals surface area contributed by atoms with Crippen molar-refractivity contribution in [3.63, 3.8) is 0 Å². The minimum absolute atomic E-state index is 0.278. The molecule has 0 fully saturated rings. The Balaban J connectivity index is 3.14. The van der Waals surface area contributed by atoms with Crippen LogP contribution in [0.5, 0.6) is 0 Å². The van der Waals surface area contributed by atoms with Crippen molar-refractivity contribution in [2.75, 3.05) is 0 Å². The molecule has 14 heavy (non-hydrogen) atoms. The first-order chi connectivity index (χ1) is 6.61. The van der Waals surface area contributed by atoms with E-state index in [9.17, 15) is 14.9 Å². The van der Waals surface area contributed by atoms with E-state index in [-0.39, 0.29) is 5.56 Å². The molecule has 0 saturated carbocycles. The van der Waals surface area contributed by atoms with Crippen LogP contribution in [0, 0.1) is 10.1 Å². The Kier molecular flexibility index (Phi) is 2.96. The quantitative estimate of drug-likeness (QED) is 0.446. The first-order valence-electron chi connectivity index (χ1n) is 3.75. The van der Waals surface area contributed by atoms with E-state index in [2.05, 4.69) is 0 Å². The Morgan fingerprint density at radius 2 is 1.93 bits per heavy atom. The molecule has 0 aromatic heterocycles. The molecule has 0 aliphatic carbocycles. The van der Waals surface area contributed by atoms with Crippen LogP contribution < -0.4 is 0 Å². The zero-order valence-electron chi connectivity index (χ0n) is 7.08. The normalized spacial score (nSPS) is 11.0. The van der Waals surface area contributed by atoms with Crippen molar-refractivity contribution in [2.45, 2.75) is 0 Å². The number of benzene rings is 1. The van der Waals surface area contributed by atoms with Gasteiger partial charge in [0.2, 0.25) is 0 Å². The van der Waals surface area contributed by atoms with Gasteiger partial charge in [0.25, 0.3) is 5.70 Å². The molecule has 0 atom stereocenters. The number of nitro groups is 1. The molecule has 0 heterocycles. The number of nitrogens with zero attached hydrogens (tertiary/aromatic N) is 1. The lowest BCUT2D eigenvalue weighted by Crippen LogP contribution is -2.01. The summed E-state index contributed by atoms with van der Waals surface area (Å²) in [5.41, 5.74) is -0.141. The summed E-state index contributed by atoms with van der Waals surface area (Å²) in [6.07, 6.45) is 0.579. The lowest BCUT2D eigenvalue weighted by molar-refractivity contribution is -0.375. The standard InChI is InChI=1S/C9H7NO4/c11-9(12)6-8(10(13)14)7-4-2-1-3-5-7/h1-6H,(H,11,12). The maximum atomic E-state index is 10.5. The molecule has 0 amide bonds. The molecule has 0 saturated heterocycles. The summed E-state index contributed by atoms with van der Waals surface area (Å²) in [7, 11) is 0. The fourth-order valence-electron chi connectivity index (χ4n) is 0.967. The van der Waals surface area contributed by atoms with Crippen molar-refractivity contribution in [1.29, 1.82) is 0 Å². The average Bonchev–Trinajstić information content (AvgIpc) is 2.15. The number of carbonyl (C=O) groups is 1. The topological polar surface area (TPSA) is 80.4 Å². The molecule has 0 bridgehead atoms. The zero-order chi connectivity index (χ0) is 10.6. The first-order valence-corrected chi connectivity index (χ1v) is 3.75. The van der Waals surface area contributed by atoms with Crippen LogP contribution in [-0.2, 0) is 4.79 Å². The molecule has 0 aliphatic heterocycles. The molecule has 1 aromatic carbocycles. The van der Waals surface area contributed by atoms with Crippen molar-refractivity contribution in [3.05, 3.63) is 52.1 Å². The largest absolute Gasteiger partial charge is 0.478 e. The highest BCUT2D eigenvalue weighted by Crippen LogP contribution is 2.13. The van der Waals surface area contributed by atoms with Gasteiger partial charge in [-0.25, -0.2) is 4.79 Å². The Labute approximate surface area is 79.4 Å². The fourth-order valence-corrected chi connectivity index (χ4v) is 0.967. The van der Waals surface area contributed by atoms with Crippen LogP contribution in [0.1, 0.15) is 5.56 Å². The number of hydrogen-bond donors (Lipinski definition) is 1. The molecule has 1 rings (SSSR count). The molecule has 72 valence electrons. The molecule has 5 heteroatoms. The summed E-state index contributed by atoms with van der Waals surface area (Å²) in [6, 6.07) is 7.88. The van der Waals surface area contributed by atoms with E-state index in [1.807, 2.05) is 0 Å². The summed E-state index contributed by atoms with van der Waals surface area (Å²) in [6.45, 7) is 0. The molecule has 5 nitrogen and oxygen atoms in total. The predicted octanol–water partition coefficient (Wildman–Crippen LogP) is 1.39. The first kappa shape index (κ1) is 9.91. The third-order valence-corrected chi connectivity index (χ3v) is 1.53. The number of carboxylic acid groups (broad SMARTS) is 1. The summed E-state index contributed by atoms with van der Waals surface area (Å²) >= 11 is 0. The maximum Gasteiger partial charge on any atom is 0.335 e. The van der Waals surface area contributed by atoms with E-state index in [0.717, 1.165) is 0 Å². The molecule has 0 radical (unpaired) electrons. The Morgan fingerprint density at radius 3 is 2.36 bits per heavy atom. The van der Waals surface area contributed by atoms with Gasteiger partial charge in [-0.15, -0.1) is 0 Å². The molecule has 0 spiro atoms. The highest BCUT2D eigenvalue weighted by atomic mass is 16.6. The monoisotopic (exact) mass is 193 g/mol. The summed E-state index contributed by atoms with van der Waals surface area (Å²) in [5, 5.41) is 18.9. The van der Waals surface area contributed by atoms with Gasteiger partial charge in [0.05, 0.1) is 10.5 Å². The van der Waals surface area contributed by atoms with Crippen LogP contribution in [0.4, 0.5) is 0 Å². The van der Waals surface area contributed by atoms with Crippen molar-refractivity contribution in [3.8, 4) is 0 Å². The second kappa shape index (κ2) is 4.18. The van der Waals surface area contributed by atoms with Gasteiger partial charge in [0, 0.05) is 0 Å². The van der Waals surface area contributed by atoms with E-state index in [4.69, 9.17) is 5.11 Å². The smallest absolute Gasteiger partial charge is 0.335 e. The number of carboxylic acids is 1. The van der Waals surface area contributed by atoms with E-state index < -0.39 is 16.6 Å². The van der Waals surface area contributed by atoms with Gasteiger partial charge in [0.15, 0.2) is 0 Å². The van der Waals surface area contributed by atoms with Crippen LogP contribution in [0.25, 0.3) is 5.70 Å². The molecular weight excluding hydrogens is 186 g/mol. The van der Waals surface area contributed by atoms with Crippen molar-refractivity contribution >= 4 is 11.7 Å². The zero-order valence-corrected chi connectivity index (χ0v) is 7.08. The highest BCUT2D eigenvalue weighted by Gasteiger charge is 2.14.